The van der Waals surface area contributed by atoms with Crippen molar-refractivity contribution in [2.75, 3.05) is 13.1 Å². The van der Waals surface area contributed by atoms with Gasteiger partial charge >= 0.3 is 18.2 Å². The zero-order chi connectivity index (χ0) is 39.2. The van der Waals surface area contributed by atoms with Gasteiger partial charge in [0.05, 0.1) is 25.6 Å². The molecule has 1 fully saturated rings. The van der Waals surface area contributed by atoms with Crippen LogP contribution in [0.25, 0.3) is 0 Å². The van der Waals surface area contributed by atoms with Crippen LogP contribution < -0.4 is 10.6 Å². The number of nitrogens with one attached hydrogen (secondary N) is 2. The molecule has 2 aromatic rings. The number of rotatable bonds is 16. The van der Waals surface area contributed by atoms with Crippen LogP contribution in [0.4, 0.5) is 21.0 Å². The molecule has 20 heteroatoms. The van der Waals surface area contributed by atoms with Gasteiger partial charge in [0.2, 0.25) is 5.91 Å². The third kappa shape index (κ3) is 9.86. The predicted octanol–water partition coefficient (Wildman–Crippen LogP) is 5.35. The number of non-ortho nitro benzene ring substituents is 2. The summed E-state index contributed by atoms with van der Waals surface area (Å²) in [6.45, 7) is 11.2. The number of hydrogen-bond donors (Lipinski definition) is 3. The molecule has 286 valence electrons. The second kappa shape index (κ2) is 17.0. The highest BCUT2D eigenvalue weighted by molar-refractivity contribution is 8.23. The van der Waals surface area contributed by atoms with Crippen LogP contribution in [-0.2, 0) is 36.7 Å². The molecule has 0 aromatic heterocycles. The highest BCUT2D eigenvalue weighted by Crippen LogP contribution is 2.59. The Balaban J connectivity index is 1.47. The molecule has 17 nitrogen and oxygen atoms in total. The van der Waals surface area contributed by atoms with Crippen molar-refractivity contribution in [3.05, 3.63) is 89.8 Å². The average molecular weight is 792 g/mol. The molecule has 3 atom stereocenters. The minimum Gasteiger partial charge on any atom is -0.477 e. The zero-order valence-corrected chi connectivity index (χ0v) is 32.6. The van der Waals surface area contributed by atoms with Gasteiger partial charge in [0, 0.05) is 42.6 Å². The van der Waals surface area contributed by atoms with Crippen LogP contribution in [0.15, 0.2) is 58.5 Å². The first-order valence-electron chi connectivity index (χ1n) is 16.4. The third-order valence-electron chi connectivity index (χ3n) is 8.73. The van der Waals surface area contributed by atoms with E-state index in [9.17, 15) is 44.5 Å². The summed E-state index contributed by atoms with van der Waals surface area (Å²) in [5.41, 5.74) is -0.775. The Morgan fingerprint density at radius 1 is 0.906 bits per heavy atom. The average Bonchev–Trinajstić information content (AvgIpc) is 3.40. The van der Waals surface area contributed by atoms with Gasteiger partial charge in [-0.2, -0.15) is 0 Å². The topological polar surface area (TPSA) is 230 Å². The number of carbonyl (C=O) groups excluding carboxylic acids is 3. The Morgan fingerprint density at radius 2 is 1.36 bits per heavy atom. The first-order chi connectivity index (χ1) is 24.8. The van der Waals surface area contributed by atoms with E-state index >= 15 is 0 Å². The number of nitro groups is 2. The van der Waals surface area contributed by atoms with Crippen molar-refractivity contribution in [2.45, 2.75) is 70.2 Å². The third-order valence-corrected chi connectivity index (χ3v) is 12.5. The fourth-order valence-corrected chi connectivity index (χ4v) is 10.3. The molecule has 0 spiro atoms. The second-order valence-corrected chi connectivity index (χ2v) is 18.7. The molecule has 2 aliphatic heterocycles. The normalized spacial score (nSPS) is 17.9. The summed E-state index contributed by atoms with van der Waals surface area (Å²) in [7, 11) is -1.65. The molecule has 1 saturated heterocycles. The van der Waals surface area contributed by atoms with E-state index in [0.717, 1.165) is 11.8 Å². The number of carbonyl (C=O) groups is 4. The van der Waals surface area contributed by atoms with Crippen LogP contribution in [0.5, 0.6) is 0 Å². The Hall–Kier alpha value is -4.66. The number of thioether (sulfide) groups is 2. The van der Waals surface area contributed by atoms with Gasteiger partial charge in [0.25, 0.3) is 11.4 Å². The molecule has 0 bridgehead atoms. The van der Waals surface area contributed by atoms with Crippen molar-refractivity contribution >= 4 is 68.0 Å². The van der Waals surface area contributed by atoms with E-state index in [4.69, 9.17) is 13.9 Å². The molecular formula is C33H41N5O12S2Si. The lowest BCUT2D eigenvalue weighted by Crippen LogP contribution is -2.69. The molecule has 2 heterocycles. The van der Waals surface area contributed by atoms with E-state index in [2.05, 4.69) is 10.6 Å². The molecule has 1 unspecified atom stereocenters. The number of nitrogens with zero attached hydrogens (tertiary/aromatic N) is 3. The van der Waals surface area contributed by atoms with Crippen LogP contribution in [0.3, 0.4) is 0 Å². The number of carboxylic acid groups (broad SMARTS) is 1. The second-order valence-electron chi connectivity index (χ2n) is 13.7. The molecule has 3 N–H and O–H groups in total. The molecule has 53 heavy (non-hydrogen) atoms. The summed E-state index contributed by atoms with van der Waals surface area (Å²) in [6, 6.07) is 10.9. The number of alkyl carbamates (subject to hydrolysis) is 2. The lowest BCUT2D eigenvalue weighted by atomic mass is 9.66. The number of aliphatic carboxylic acids is 1. The maximum Gasteiger partial charge on any atom is 0.407 e. The van der Waals surface area contributed by atoms with Gasteiger partial charge < -0.3 is 29.6 Å². The first-order valence-corrected chi connectivity index (χ1v) is 21.0. The van der Waals surface area contributed by atoms with Crippen LogP contribution in [-0.4, -0.2) is 82.3 Å². The number of fused-ring (bicyclic) bond motifs is 1. The van der Waals surface area contributed by atoms with E-state index in [1.165, 1.54) is 65.2 Å². The molecular weight excluding hydrogens is 751 g/mol. The number of carboxylic acids is 1. The van der Waals surface area contributed by atoms with Gasteiger partial charge in [-0.25, -0.2) is 14.4 Å². The van der Waals surface area contributed by atoms with E-state index in [1.54, 1.807) is 0 Å². The highest BCUT2D eigenvalue weighted by Gasteiger charge is 2.65. The summed E-state index contributed by atoms with van der Waals surface area (Å²) in [6.07, 6.45) is -1.67. The molecule has 0 saturated carbocycles. The fourth-order valence-electron chi connectivity index (χ4n) is 5.60. The number of amides is 3. The Bertz CT molecular complexity index is 1690. The monoisotopic (exact) mass is 791 g/mol. The van der Waals surface area contributed by atoms with Gasteiger partial charge in [-0.3, -0.25) is 29.9 Å². The van der Waals surface area contributed by atoms with Crippen molar-refractivity contribution < 1.29 is 48.0 Å². The molecule has 3 amide bonds. The van der Waals surface area contributed by atoms with Crippen molar-refractivity contribution in [1.29, 1.82) is 0 Å². The van der Waals surface area contributed by atoms with E-state index in [-0.39, 0.29) is 49.3 Å². The molecule has 2 aliphatic rings. The van der Waals surface area contributed by atoms with Gasteiger partial charge in [0.1, 0.15) is 18.6 Å². The summed E-state index contributed by atoms with van der Waals surface area (Å²) < 4.78 is 17.3. The van der Waals surface area contributed by atoms with Crippen molar-refractivity contribution in [2.24, 2.45) is 11.3 Å². The SMILES string of the molecule is C[SiH](C)OC(C)([C@H]1C(=O)N2C(C(=O)O)=C(SC(CNC(=O)OCc3ccc([N+](=O)[O-])cc3)CNC(=O)OCc3ccc([N+](=O)[O-])cc3)S[C@@H]12)C(C)(C)C. The molecule has 0 aliphatic carbocycles. The molecule has 2 aromatic carbocycles. The van der Waals surface area contributed by atoms with Crippen molar-refractivity contribution in [3.8, 4) is 0 Å². The van der Waals surface area contributed by atoms with Crippen LogP contribution in [0, 0.1) is 31.6 Å². The molecule has 4 rings (SSSR count). The lowest BCUT2D eigenvalue weighted by Gasteiger charge is -2.56. The van der Waals surface area contributed by atoms with Gasteiger partial charge in [-0.15, -0.1) is 11.8 Å². The van der Waals surface area contributed by atoms with Crippen LogP contribution >= 0.6 is 23.5 Å². The molecule has 0 radical (unpaired) electrons. The quantitative estimate of drug-likeness (QED) is 0.0843. The Morgan fingerprint density at radius 3 is 1.74 bits per heavy atom. The Kier molecular flexibility index (Phi) is 13.2. The van der Waals surface area contributed by atoms with E-state index in [1.807, 2.05) is 40.8 Å². The maximum atomic E-state index is 13.7. The first kappa shape index (κ1) is 41.1. The van der Waals surface area contributed by atoms with Gasteiger partial charge in [-0.05, 0) is 60.8 Å². The van der Waals surface area contributed by atoms with E-state index in [0.29, 0.717) is 15.4 Å². The number of hydrogen-bond acceptors (Lipinski definition) is 13. The maximum absolute atomic E-state index is 13.7. The van der Waals surface area contributed by atoms with Crippen molar-refractivity contribution in [3.63, 3.8) is 0 Å². The number of β-lactam (4-membered cyclic amide) rings is 1. The van der Waals surface area contributed by atoms with Gasteiger partial charge in [-0.1, -0.05) is 32.5 Å². The minimum absolute atomic E-state index is 0.118. The zero-order valence-electron chi connectivity index (χ0n) is 29.9. The standard InChI is InChI=1S/C33H41N5O12S2Si/c1-32(2,3)33(4,50-53(5)6)24-26(39)36-25(28(40)41)29(52-27(24)36)51-23(15-34-30(42)48-17-19-7-11-21(12-8-19)37(44)45)16-35-31(43)49-18-20-9-13-22(14-10-20)38(46)47/h7-14,23-24,27,53H,15-18H2,1-6H3,(H,34,42)(H,35,43)(H,40,41)/t24-,27-,33?/m0/s1. The minimum atomic E-state index is -1.65. The number of benzene rings is 2. The van der Waals surface area contributed by atoms with E-state index < -0.39 is 64.6 Å². The van der Waals surface area contributed by atoms with Crippen LogP contribution in [0.1, 0.15) is 38.8 Å². The highest BCUT2D eigenvalue weighted by atomic mass is 32.2. The summed E-state index contributed by atoms with van der Waals surface area (Å²) >= 11 is 2.28. The largest absolute Gasteiger partial charge is 0.477 e. The summed E-state index contributed by atoms with van der Waals surface area (Å²) in [5, 5.41) is 36.1. The fraction of sp³-hybridized carbons (Fsp3) is 0.455. The Labute approximate surface area is 315 Å². The lowest BCUT2D eigenvalue weighted by molar-refractivity contribution is -0.385. The number of ether oxygens (including phenoxy) is 2. The van der Waals surface area contributed by atoms with Gasteiger partial charge in [0.15, 0.2) is 14.7 Å². The van der Waals surface area contributed by atoms with Crippen LogP contribution in [0.2, 0.25) is 13.1 Å². The predicted molar refractivity (Wildman–Crippen MR) is 198 cm³/mol. The van der Waals surface area contributed by atoms with Crippen molar-refractivity contribution in [1.82, 2.24) is 15.5 Å². The summed E-state index contributed by atoms with van der Waals surface area (Å²) in [4.78, 5) is 73.7. The smallest absolute Gasteiger partial charge is 0.407 e. The number of nitro benzene ring substituents is 2. The summed E-state index contributed by atoms with van der Waals surface area (Å²) in [5.74, 6) is -2.30.